The number of rotatable bonds is 5. The molecule has 1 unspecified atom stereocenters. The number of nitro benzene ring substituents is 1. The van der Waals surface area contributed by atoms with Crippen LogP contribution in [0.15, 0.2) is 48.5 Å². The van der Waals surface area contributed by atoms with Gasteiger partial charge in [-0.2, -0.15) is 0 Å². The molecule has 0 spiro atoms. The number of aliphatic hydroxyl groups is 1. The third-order valence-electron chi connectivity index (χ3n) is 4.15. The summed E-state index contributed by atoms with van der Waals surface area (Å²) in [6.45, 7) is 0.160. The van der Waals surface area contributed by atoms with Gasteiger partial charge in [0.1, 0.15) is 5.75 Å². The van der Waals surface area contributed by atoms with Gasteiger partial charge in [0.25, 0.3) is 11.6 Å². The van der Waals surface area contributed by atoms with Crippen LogP contribution >= 0.6 is 0 Å². The second kappa shape index (κ2) is 7.31. The van der Waals surface area contributed by atoms with Crippen LogP contribution in [-0.4, -0.2) is 28.6 Å². The molecule has 2 aromatic carbocycles. The lowest BCUT2D eigenvalue weighted by Crippen LogP contribution is -2.46. The minimum atomic E-state index is -0.651. The molecule has 0 aliphatic carbocycles. The van der Waals surface area contributed by atoms with E-state index in [9.17, 15) is 20.0 Å². The molecule has 7 heteroatoms. The van der Waals surface area contributed by atoms with Crippen LogP contribution in [0.3, 0.4) is 0 Å². The first-order valence-electron chi connectivity index (χ1n) is 8.01. The van der Waals surface area contributed by atoms with E-state index < -0.39 is 17.6 Å². The molecule has 1 N–H and O–H groups in total. The minimum absolute atomic E-state index is 0.138. The van der Waals surface area contributed by atoms with E-state index in [0.717, 1.165) is 12.1 Å². The average molecular weight is 342 g/mol. The number of piperidine rings is 1. The Bertz CT molecular complexity index is 778. The molecule has 1 atom stereocenters. The molecular weight excluding hydrogens is 324 g/mol. The Labute approximate surface area is 144 Å². The van der Waals surface area contributed by atoms with Gasteiger partial charge < -0.3 is 14.7 Å². The minimum Gasteiger partial charge on any atom is -0.481 e. The first kappa shape index (κ1) is 16.9. The smallest absolute Gasteiger partial charge is 0.275 e. The zero-order chi connectivity index (χ0) is 17.8. The van der Waals surface area contributed by atoms with Crippen LogP contribution in [0, 0.1) is 10.1 Å². The summed E-state index contributed by atoms with van der Waals surface area (Å²) < 4.78 is 5.77. The van der Waals surface area contributed by atoms with Gasteiger partial charge in [-0.1, -0.05) is 18.2 Å². The Kier molecular flexibility index (Phi) is 4.95. The van der Waals surface area contributed by atoms with Gasteiger partial charge >= 0.3 is 0 Å². The fourth-order valence-electron chi connectivity index (χ4n) is 2.92. The van der Waals surface area contributed by atoms with Gasteiger partial charge in [0, 0.05) is 18.3 Å². The Morgan fingerprint density at radius 1 is 1.24 bits per heavy atom. The summed E-state index contributed by atoms with van der Waals surface area (Å²) in [5.41, 5.74) is 0.807. The van der Waals surface area contributed by atoms with E-state index in [4.69, 9.17) is 4.74 Å². The molecule has 1 aliphatic rings. The van der Waals surface area contributed by atoms with E-state index in [1.807, 2.05) is 30.3 Å². The van der Waals surface area contributed by atoms with Crippen molar-refractivity contribution >= 4 is 17.3 Å². The van der Waals surface area contributed by atoms with Crippen LogP contribution < -0.4 is 9.64 Å². The second-order valence-corrected chi connectivity index (χ2v) is 5.78. The maximum atomic E-state index is 12.7. The lowest BCUT2D eigenvalue weighted by Gasteiger charge is -2.32. The molecule has 7 nitrogen and oxygen atoms in total. The van der Waals surface area contributed by atoms with E-state index in [1.54, 1.807) is 4.90 Å². The van der Waals surface area contributed by atoms with Crippen LogP contribution in [0.2, 0.25) is 0 Å². The number of hydrogen-bond acceptors (Lipinski definition) is 5. The van der Waals surface area contributed by atoms with E-state index in [-0.39, 0.29) is 17.2 Å². The van der Waals surface area contributed by atoms with Gasteiger partial charge in [0.2, 0.25) is 0 Å². The lowest BCUT2D eigenvalue weighted by molar-refractivity contribution is -0.385. The Balaban J connectivity index is 1.78. The quantitative estimate of drug-likeness (QED) is 0.666. The Hall–Kier alpha value is -2.93. The number of aliphatic hydroxyl groups excluding tert-OH is 1. The summed E-state index contributed by atoms with van der Waals surface area (Å²) in [6.07, 6.45) is 0.723. The molecule has 0 saturated carbocycles. The predicted octanol–water partition coefficient (Wildman–Crippen LogP) is 2.66. The van der Waals surface area contributed by atoms with Crippen molar-refractivity contribution in [2.45, 2.75) is 25.6 Å². The van der Waals surface area contributed by atoms with Crippen LogP contribution in [-0.2, 0) is 11.4 Å². The zero-order valence-corrected chi connectivity index (χ0v) is 13.5. The van der Waals surface area contributed by atoms with Crippen LogP contribution in [0.1, 0.15) is 18.4 Å². The van der Waals surface area contributed by atoms with Crippen molar-refractivity contribution in [1.29, 1.82) is 0 Å². The fourth-order valence-corrected chi connectivity index (χ4v) is 2.92. The van der Waals surface area contributed by atoms with Crippen molar-refractivity contribution in [1.82, 2.24) is 0 Å². The number of anilines is 1. The molecule has 0 radical (unpaired) electrons. The van der Waals surface area contributed by atoms with Crippen molar-refractivity contribution in [3.05, 3.63) is 64.2 Å². The largest absolute Gasteiger partial charge is 0.481 e. The van der Waals surface area contributed by atoms with Crippen molar-refractivity contribution in [2.75, 3.05) is 11.4 Å². The number of ether oxygens (including phenoxy) is 1. The van der Waals surface area contributed by atoms with Gasteiger partial charge in [-0.3, -0.25) is 14.9 Å². The number of carbonyl (C=O) groups excluding carboxylic acids is 1. The summed E-state index contributed by atoms with van der Waals surface area (Å²) in [5, 5.41) is 20.2. The summed E-state index contributed by atoms with van der Waals surface area (Å²) in [7, 11) is 0. The van der Waals surface area contributed by atoms with E-state index in [0.29, 0.717) is 18.7 Å². The highest BCUT2D eigenvalue weighted by molar-refractivity contribution is 5.97. The topological polar surface area (TPSA) is 92.9 Å². The molecule has 0 aromatic heterocycles. The molecule has 130 valence electrons. The van der Waals surface area contributed by atoms with Gasteiger partial charge in [0.15, 0.2) is 6.10 Å². The maximum absolute atomic E-state index is 12.7. The Morgan fingerprint density at radius 3 is 2.68 bits per heavy atom. The first-order chi connectivity index (χ1) is 12.1. The Morgan fingerprint density at radius 2 is 2.00 bits per heavy atom. The third kappa shape index (κ3) is 3.61. The summed E-state index contributed by atoms with van der Waals surface area (Å²) >= 11 is 0. The molecule has 1 aliphatic heterocycles. The van der Waals surface area contributed by atoms with Crippen molar-refractivity contribution in [3.63, 3.8) is 0 Å². The van der Waals surface area contributed by atoms with E-state index >= 15 is 0 Å². The van der Waals surface area contributed by atoms with Crippen LogP contribution in [0.5, 0.6) is 5.75 Å². The molecule has 3 rings (SSSR count). The highest BCUT2D eigenvalue weighted by Crippen LogP contribution is 2.28. The van der Waals surface area contributed by atoms with Crippen molar-refractivity contribution in [3.8, 4) is 5.75 Å². The number of nitro groups is 1. The molecule has 1 amide bonds. The monoisotopic (exact) mass is 342 g/mol. The SMILES string of the molecule is O=C1C(Oc2ccc([N+](=O)[O-])c(CO)c2)CCCN1c1ccccc1. The lowest BCUT2D eigenvalue weighted by atomic mass is 10.1. The number of carbonyl (C=O) groups is 1. The first-order valence-corrected chi connectivity index (χ1v) is 8.01. The summed E-state index contributed by atoms with van der Waals surface area (Å²) in [4.78, 5) is 24.8. The van der Waals surface area contributed by atoms with E-state index in [2.05, 4.69) is 0 Å². The number of amides is 1. The highest BCUT2D eigenvalue weighted by atomic mass is 16.6. The van der Waals surface area contributed by atoms with Gasteiger partial charge in [-0.15, -0.1) is 0 Å². The van der Waals surface area contributed by atoms with Crippen molar-refractivity contribution in [2.24, 2.45) is 0 Å². The number of hydrogen-bond donors (Lipinski definition) is 1. The molecule has 25 heavy (non-hydrogen) atoms. The van der Waals surface area contributed by atoms with Crippen LogP contribution in [0.25, 0.3) is 0 Å². The maximum Gasteiger partial charge on any atom is 0.275 e. The number of benzene rings is 2. The molecule has 2 aromatic rings. The molecule has 1 saturated heterocycles. The molecule has 0 bridgehead atoms. The zero-order valence-electron chi connectivity index (χ0n) is 13.5. The second-order valence-electron chi connectivity index (χ2n) is 5.78. The average Bonchev–Trinajstić information content (AvgIpc) is 2.64. The normalized spacial score (nSPS) is 17.4. The van der Waals surface area contributed by atoms with Crippen molar-refractivity contribution < 1.29 is 19.6 Å². The van der Waals surface area contributed by atoms with E-state index in [1.165, 1.54) is 18.2 Å². The number of para-hydroxylation sites is 1. The summed E-state index contributed by atoms with van der Waals surface area (Å²) in [6, 6.07) is 13.5. The predicted molar refractivity (Wildman–Crippen MR) is 91.5 cm³/mol. The number of nitrogens with zero attached hydrogens (tertiary/aromatic N) is 2. The summed E-state index contributed by atoms with van der Waals surface area (Å²) in [5.74, 6) is 0.198. The van der Waals surface area contributed by atoms with Gasteiger partial charge in [-0.05, 0) is 37.1 Å². The third-order valence-corrected chi connectivity index (χ3v) is 4.15. The highest BCUT2D eigenvalue weighted by Gasteiger charge is 2.31. The standard InChI is InChI=1S/C18H18N2O5/c21-12-13-11-15(8-9-16(13)20(23)24)25-17-7-4-10-19(18(17)22)14-5-2-1-3-6-14/h1-3,5-6,8-9,11,17,21H,4,7,10,12H2. The fraction of sp³-hybridized carbons (Fsp3) is 0.278. The molecular formula is C18H18N2O5. The van der Waals surface area contributed by atoms with Gasteiger partial charge in [0.05, 0.1) is 17.1 Å². The van der Waals surface area contributed by atoms with Crippen LogP contribution in [0.4, 0.5) is 11.4 Å². The molecule has 1 fully saturated rings. The van der Waals surface area contributed by atoms with Gasteiger partial charge in [-0.25, -0.2) is 0 Å². The molecule has 1 heterocycles.